The van der Waals surface area contributed by atoms with E-state index in [1.807, 2.05) is 18.2 Å². The number of aromatic nitrogens is 2. The quantitative estimate of drug-likeness (QED) is 0.544. The summed E-state index contributed by atoms with van der Waals surface area (Å²) >= 11 is 0. The summed E-state index contributed by atoms with van der Waals surface area (Å²) in [5, 5.41) is 5.00. The van der Waals surface area contributed by atoms with E-state index >= 15 is 0 Å². The van der Waals surface area contributed by atoms with E-state index in [1.165, 1.54) is 37.7 Å². The first-order chi connectivity index (χ1) is 13.8. The molecule has 1 aliphatic carbocycles. The molecule has 28 heavy (non-hydrogen) atoms. The Hall–Kier alpha value is -2.75. The summed E-state index contributed by atoms with van der Waals surface area (Å²) < 4.78 is 13.1. The van der Waals surface area contributed by atoms with Crippen molar-refractivity contribution in [1.29, 1.82) is 0 Å². The van der Waals surface area contributed by atoms with Gasteiger partial charge in [0.1, 0.15) is 5.69 Å². The zero-order chi connectivity index (χ0) is 19.3. The van der Waals surface area contributed by atoms with Gasteiger partial charge in [-0.2, -0.15) is 5.10 Å². The molecule has 0 spiro atoms. The van der Waals surface area contributed by atoms with Crippen LogP contribution in [0.2, 0.25) is 0 Å². The molecule has 0 aliphatic heterocycles. The van der Waals surface area contributed by atoms with E-state index in [2.05, 4.69) is 41.2 Å². The van der Waals surface area contributed by atoms with Gasteiger partial charge in [-0.25, -0.2) is 0 Å². The van der Waals surface area contributed by atoms with Crippen molar-refractivity contribution in [2.75, 3.05) is 14.2 Å². The molecule has 1 aromatic heterocycles. The summed E-state index contributed by atoms with van der Waals surface area (Å²) in [5.41, 5.74) is 4.37. The van der Waals surface area contributed by atoms with Gasteiger partial charge in [-0.1, -0.05) is 49.6 Å². The summed E-state index contributed by atoms with van der Waals surface area (Å²) in [6, 6.07) is 16.5. The van der Waals surface area contributed by atoms with Crippen molar-refractivity contribution in [3.63, 3.8) is 0 Å². The maximum atomic E-state index is 5.51. The number of ether oxygens (including phenoxy) is 2. The van der Waals surface area contributed by atoms with Gasteiger partial charge in [-0.15, -0.1) is 0 Å². The Kier molecular flexibility index (Phi) is 5.65. The highest BCUT2D eigenvalue weighted by Crippen LogP contribution is 2.37. The van der Waals surface area contributed by atoms with E-state index in [0.29, 0.717) is 0 Å². The van der Waals surface area contributed by atoms with Crippen LogP contribution in [-0.4, -0.2) is 24.0 Å². The highest BCUT2D eigenvalue weighted by molar-refractivity contribution is 5.81. The Bertz CT molecular complexity index is 912. The molecule has 0 N–H and O–H groups in total. The molecule has 0 unspecified atom stereocenters. The topological polar surface area (TPSA) is 36.3 Å². The highest BCUT2D eigenvalue weighted by Gasteiger charge is 2.19. The Labute approximate surface area is 167 Å². The number of nitrogens with zero attached hydrogens (tertiary/aromatic N) is 2. The van der Waals surface area contributed by atoms with Gasteiger partial charge < -0.3 is 9.47 Å². The molecule has 2 aromatic carbocycles. The maximum Gasteiger partial charge on any atom is 0.161 e. The average molecular weight is 376 g/mol. The Morgan fingerprint density at radius 3 is 2.36 bits per heavy atom. The largest absolute Gasteiger partial charge is 0.493 e. The summed E-state index contributed by atoms with van der Waals surface area (Å²) in [6.45, 7) is 0.993. The van der Waals surface area contributed by atoms with E-state index in [1.54, 1.807) is 14.2 Å². The fourth-order valence-electron chi connectivity index (χ4n) is 4.17. The smallest absolute Gasteiger partial charge is 0.161 e. The minimum absolute atomic E-state index is 0.723. The summed E-state index contributed by atoms with van der Waals surface area (Å²) in [5.74, 6) is 2.19. The third-order valence-electron chi connectivity index (χ3n) is 5.67. The normalized spacial score (nSPS) is 14.8. The molecule has 4 nitrogen and oxygen atoms in total. The first kappa shape index (κ1) is 18.6. The lowest BCUT2D eigenvalue weighted by Gasteiger charge is -2.21. The Morgan fingerprint density at radius 2 is 1.64 bits per heavy atom. The van der Waals surface area contributed by atoms with E-state index in [0.717, 1.165) is 40.8 Å². The van der Waals surface area contributed by atoms with Gasteiger partial charge in [0.15, 0.2) is 11.5 Å². The first-order valence-electron chi connectivity index (χ1n) is 10.1. The van der Waals surface area contributed by atoms with Crippen LogP contribution in [0, 0.1) is 5.92 Å². The molecular weight excluding hydrogens is 348 g/mol. The zero-order valence-electron chi connectivity index (χ0n) is 16.7. The monoisotopic (exact) mass is 376 g/mol. The number of rotatable bonds is 6. The predicted molar refractivity (Wildman–Crippen MR) is 113 cm³/mol. The molecule has 1 heterocycles. The second kappa shape index (κ2) is 8.51. The lowest BCUT2D eigenvalue weighted by molar-refractivity contribution is 0.308. The Morgan fingerprint density at radius 1 is 0.893 bits per heavy atom. The minimum atomic E-state index is 0.723. The predicted octanol–water partition coefficient (Wildman–Crippen LogP) is 5.81. The standard InChI is InChI=1S/C24H28N2O2/c1-27-22-14-13-20(15-23(22)28-2)24-21(19-11-7-4-8-12-19)17-26(25-24)16-18-9-5-3-6-10-18/h4,7-8,11-15,17-18H,3,5-6,9-10,16H2,1-2H3. The molecule has 0 bridgehead atoms. The van der Waals surface area contributed by atoms with E-state index in [-0.39, 0.29) is 0 Å². The number of hydrogen-bond acceptors (Lipinski definition) is 3. The lowest BCUT2D eigenvalue weighted by Crippen LogP contribution is -2.14. The van der Waals surface area contributed by atoms with Crippen molar-refractivity contribution in [1.82, 2.24) is 9.78 Å². The van der Waals surface area contributed by atoms with Crippen LogP contribution < -0.4 is 9.47 Å². The molecular formula is C24H28N2O2. The van der Waals surface area contributed by atoms with E-state index < -0.39 is 0 Å². The molecule has 1 aliphatic rings. The van der Waals surface area contributed by atoms with Crippen molar-refractivity contribution >= 4 is 0 Å². The van der Waals surface area contributed by atoms with Gasteiger partial charge in [0, 0.05) is 23.9 Å². The molecule has 0 radical (unpaired) electrons. The van der Waals surface area contributed by atoms with E-state index in [4.69, 9.17) is 14.6 Å². The molecule has 0 amide bonds. The van der Waals surface area contributed by atoms with Crippen LogP contribution in [0.4, 0.5) is 0 Å². The minimum Gasteiger partial charge on any atom is -0.493 e. The van der Waals surface area contributed by atoms with Crippen LogP contribution in [-0.2, 0) is 6.54 Å². The van der Waals surface area contributed by atoms with Gasteiger partial charge in [-0.3, -0.25) is 4.68 Å². The fourth-order valence-corrected chi connectivity index (χ4v) is 4.17. The van der Waals surface area contributed by atoms with Crippen LogP contribution in [0.1, 0.15) is 32.1 Å². The first-order valence-corrected chi connectivity index (χ1v) is 10.1. The van der Waals surface area contributed by atoms with Gasteiger partial charge in [0.05, 0.1) is 14.2 Å². The summed E-state index contributed by atoms with van der Waals surface area (Å²) in [4.78, 5) is 0. The van der Waals surface area contributed by atoms with Crippen LogP contribution in [0.3, 0.4) is 0 Å². The van der Waals surface area contributed by atoms with Crippen LogP contribution in [0.5, 0.6) is 11.5 Å². The van der Waals surface area contributed by atoms with Gasteiger partial charge >= 0.3 is 0 Å². The van der Waals surface area contributed by atoms with Crippen LogP contribution >= 0.6 is 0 Å². The van der Waals surface area contributed by atoms with Gasteiger partial charge in [-0.05, 0) is 42.5 Å². The second-order valence-electron chi connectivity index (χ2n) is 7.55. The molecule has 0 saturated heterocycles. The SMILES string of the molecule is COc1ccc(-c2nn(CC3CCCCC3)cc2-c2ccccc2)cc1OC. The van der Waals surface area contributed by atoms with Gasteiger partial charge in [0.25, 0.3) is 0 Å². The van der Waals surface area contributed by atoms with Gasteiger partial charge in [0.2, 0.25) is 0 Å². The molecule has 0 atom stereocenters. The lowest BCUT2D eigenvalue weighted by atomic mass is 9.89. The Balaban J connectivity index is 1.74. The molecule has 146 valence electrons. The van der Waals surface area contributed by atoms with Crippen molar-refractivity contribution < 1.29 is 9.47 Å². The van der Waals surface area contributed by atoms with Crippen molar-refractivity contribution in [2.24, 2.45) is 5.92 Å². The van der Waals surface area contributed by atoms with Crippen molar-refractivity contribution in [3.8, 4) is 33.9 Å². The van der Waals surface area contributed by atoms with E-state index in [9.17, 15) is 0 Å². The molecule has 1 fully saturated rings. The maximum absolute atomic E-state index is 5.51. The van der Waals surface area contributed by atoms with Crippen molar-refractivity contribution in [2.45, 2.75) is 38.6 Å². The molecule has 4 heteroatoms. The van der Waals surface area contributed by atoms with Crippen molar-refractivity contribution in [3.05, 3.63) is 54.7 Å². The molecule has 4 rings (SSSR count). The average Bonchev–Trinajstić information content (AvgIpc) is 3.18. The fraction of sp³-hybridized carbons (Fsp3) is 0.375. The summed E-state index contributed by atoms with van der Waals surface area (Å²) in [7, 11) is 3.33. The zero-order valence-corrected chi connectivity index (χ0v) is 16.7. The van der Waals surface area contributed by atoms with Crippen LogP contribution in [0.15, 0.2) is 54.7 Å². The third-order valence-corrected chi connectivity index (χ3v) is 5.67. The van der Waals surface area contributed by atoms with Crippen LogP contribution in [0.25, 0.3) is 22.4 Å². The molecule has 1 saturated carbocycles. The molecule has 3 aromatic rings. The third kappa shape index (κ3) is 3.91. The summed E-state index contributed by atoms with van der Waals surface area (Å²) in [6.07, 6.45) is 8.90. The highest BCUT2D eigenvalue weighted by atomic mass is 16.5. The second-order valence-corrected chi connectivity index (χ2v) is 7.55. The number of methoxy groups -OCH3 is 2. The number of benzene rings is 2. The number of hydrogen-bond donors (Lipinski definition) is 0.